The summed E-state index contributed by atoms with van der Waals surface area (Å²) in [5.74, 6) is 1.34. The van der Waals surface area contributed by atoms with Gasteiger partial charge in [0.25, 0.3) is 0 Å². The molecule has 0 atom stereocenters. The Morgan fingerprint density at radius 2 is 1.89 bits per heavy atom. The predicted molar refractivity (Wildman–Crippen MR) is 106 cm³/mol. The molecule has 5 nitrogen and oxygen atoms in total. The van der Waals surface area contributed by atoms with E-state index in [2.05, 4.69) is 9.97 Å². The summed E-state index contributed by atoms with van der Waals surface area (Å²) in [7, 11) is 1.52. The molecular weight excluding hydrogens is 384 g/mol. The Morgan fingerprint density at radius 3 is 2.63 bits per heavy atom. The van der Waals surface area contributed by atoms with E-state index in [9.17, 15) is 4.79 Å². The smallest absolute Gasteiger partial charge is 0.231 e. The molecule has 0 aliphatic carbocycles. The van der Waals surface area contributed by atoms with Crippen LogP contribution in [0.5, 0.6) is 17.4 Å². The molecular formula is C20H13ClN2O3S. The highest BCUT2D eigenvalue weighted by atomic mass is 35.5. The summed E-state index contributed by atoms with van der Waals surface area (Å²) >= 11 is 7.51. The summed E-state index contributed by atoms with van der Waals surface area (Å²) in [5.41, 5.74) is 2.46. The SMILES string of the molecule is COc1cc(C=O)ccc1Oc1ncnc2scc(-c3ccc(Cl)cc3)c12. The van der Waals surface area contributed by atoms with Crippen molar-refractivity contribution in [1.29, 1.82) is 0 Å². The number of benzene rings is 2. The van der Waals surface area contributed by atoms with Gasteiger partial charge in [0.1, 0.15) is 17.4 Å². The average Bonchev–Trinajstić information content (AvgIpc) is 3.14. The first-order chi connectivity index (χ1) is 13.2. The Kier molecular flexibility index (Phi) is 4.75. The summed E-state index contributed by atoms with van der Waals surface area (Å²) in [6.07, 6.45) is 2.22. The van der Waals surface area contributed by atoms with E-state index in [1.165, 1.54) is 24.8 Å². The summed E-state index contributed by atoms with van der Waals surface area (Å²) in [5, 5.41) is 3.50. The molecule has 2 aromatic carbocycles. The minimum absolute atomic E-state index is 0.420. The maximum Gasteiger partial charge on any atom is 0.231 e. The second kappa shape index (κ2) is 7.34. The fourth-order valence-corrected chi connectivity index (χ4v) is 3.75. The number of ether oxygens (including phenoxy) is 2. The lowest BCUT2D eigenvalue weighted by molar-refractivity contribution is 0.112. The molecule has 27 heavy (non-hydrogen) atoms. The number of thiophene rings is 1. The van der Waals surface area contributed by atoms with Gasteiger partial charge >= 0.3 is 0 Å². The van der Waals surface area contributed by atoms with Gasteiger partial charge in [-0.05, 0) is 35.9 Å². The van der Waals surface area contributed by atoms with Crippen LogP contribution in [0, 0.1) is 0 Å². The van der Waals surface area contributed by atoms with Gasteiger partial charge in [-0.2, -0.15) is 0 Å². The van der Waals surface area contributed by atoms with Gasteiger partial charge in [-0.25, -0.2) is 9.97 Å². The van der Waals surface area contributed by atoms with E-state index < -0.39 is 0 Å². The number of aromatic nitrogens is 2. The lowest BCUT2D eigenvalue weighted by atomic mass is 10.1. The van der Waals surface area contributed by atoms with E-state index >= 15 is 0 Å². The topological polar surface area (TPSA) is 61.3 Å². The van der Waals surface area contributed by atoms with Crippen LogP contribution in [0.1, 0.15) is 10.4 Å². The zero-order valence-corrected chi connectivity index (χ0v) is 15.8. The van der Waals surface area contributed by atoms with Crippen LogP contribution in [-0.4, -0.2) is 23.4 Å². The first kappa shape index (κ1) is 17.5. The van der Waals surface area contributed by atoms with Crippen LogP contribution in [-0.2, 0) is 0 Å². The van der Waals surface area contributed by atoms with Crippen LogP contribution < -0.4 is 9.47 Å². The predicted octanol–water partition coefficient (Wildman–Crippen LogP) is 5.63. The molecule has 0 bridgehead atoms. The lowest BCUT2D eigenvalue weighted by Gasteiger charge is -2.11. The Balaban J connectivity index is 1.82. The fourth-order valence-electron chi connectivity index (χ4n) is 2.71. The second-order valence-electron chi connectivity index (χ2n) is 5.65. The van der Waals surface area contributed by atoms with Gasteiger partial charge in [0.15, 0.2) is 11.5 Å². The molecule has 2 heterocycles. The maximum absolute atomic E-state index is 11.0. The van der Waals surface area contributed by atoms with Crippen LogP contribution in [0.2, 0.25) is 5.02 Å². The largest absolute Gasteiger partial charge is 0.493 e. The molecule has 0 fully saturated rings. The lowest BCUT2D eigenvalue weighted by Crippen LogP contribution is -1.95. The van der Waals surface area contributed by atoms with Crippen LogP contribution in [0.15, 0.2) is 54.2 Å². The summed E-state index contributed by atoms with van der Waals surface area (Å²) in [6.45, 7) is 0. The third-order valence-corrected chi connectivity index (χ3v) is 5.16. The zero-order chi connectivity index (χ0) is 18.8. The van der Waals surface area contributed by atoms with Crippen LogP contribution in [0.25, 0.3) is 21.3 Å². The first-order valence-corrected chi connectivity index (χ1v) is 9.24. The van der Waals surface area contributed by atoms with Gasteiger partial charge in [-0.15, -0.1) is 11.3 Å². The van der Waals surface area contributed by atoms with Crippen LogP contribution in [0.4, 0.5) is 0 Å². The number of carbonyl (C=O) groups is 1. The highest BCUT2D eigenvalue weighted by Gasteiger charge is 2.16. The highest BCUT2D eigenvalue weighted by Crippen LogP contribution is 2.40. The highest BCUT2D eigenvalue weighted by molar-refractivity contribution is 7.17. The van der Waals surface area contributed by atoms with E-state index in [0.717, 1.165) is 27.6 Å². The number of hydrogen-bond acceptors (Lipinski definition) is 6. The van der Waals surface area contributed by atoms with E-state index in [1.807, 2.05) is 29.6 Å². The Morgan fingerprint density at radius 1 is 1.07 bits per heavy atom. The van der Waals surface area contributed by atoms with Crippen molar-refractivity contribution in [3.63, 3.8) is 0 Å². The zero-order valence-electron chi connectivity index (χ0n) is 14.2. The average molecular weight is 397 g/mol. The number of nitrogens with zero attached hydrogens (tertiary/aromatic N) is 2. The Bertz CT molecular complexity index is 1130. The number of fused-ring (bicyclic) bond motifs is 1. The third-order valence-electron chi connectivity index (χ3n) is 4.02. The molecule has 0 aliphatic rings. The molecule has 0 saturated carbocycles. The number of methoxy groups -OCH3 is 1. The second-order valence-corrected chi connectivity index (χ2v) is 6.94. The van der Waals surface area contributed by atoms with E-state index in [-0.39, 0.29) is 0 Å². The number of rotatable bonds is 5. The molecule has 0 spiro atoms. The molecule has 0 unspecified atom stereocenters. The van der Waals surface area contributed by atoms with Crippen LogP contribution in [0.3, 0.4) is 0 Å². The molecule has 2 aromatic heterocycles. The number of hydrogen-bond donors (Lipinski definition) is 0. The summed E-state index contributed by atoms with van der Waals surface area (Å²) in [4.78, 5) is 20.5. The monoisotopic (exact) mass is 396 g/mol. The molecule has 7 heteroatoms. The van der Waals surface area contributed by atoms with Crippen molar-refractivity contribution < 1.29 is 14.3 Å². The number of halogens is 1. The van der Waals surface area contributed by atoms with E-state index in [0.29, 0.717) is 28.0 Å². The molecule has 4 rings (SSSR count). The molecule has 0 saturated heterocycles. The molecule has 0 amide bonds. The van der Waals surface area contributed by atoms with Gasteiger partial charge in [0.05, 0.1) is 12.5 Å². The van der Waals surface area contributed by atoms with Crippen molar-refractivity contribution >= 4 is 39.4 Å². The molecule has 0 N–H and O–H groups in total. The van der Waals surface area contributed by atoms with Crippen molar-refractivity contribution in [1.82, 2.24) is 9.97 Å². The molecule has 134 valence electrons. The van der Waals surface area contributed by atoms with Gasteiger partial charge in [-0.3, -0.25) is 4.79 Å². The molecule has 4 aromatic rings. The minimum atomic E-state index is 0.420. The Labute approximate surface area is 164 Å². The standard InChI is InChI=1S/C20H13ClN2O3S/c1-25-17-8-12(9-24)2-7-16(17)26-19-18-15(10-27-20(18)23-11-22-19)13-3-5-14(21)6-4-13/h2-11H,1H3. The maximum atomic E-state index is 11.0. The van der Waals surface area contributed by atoms with Crippen LogP contribution >= 0.6 is 22.9 Å². The summed E-state index contributed by atoms with van der Waals surface area (Å²) < 4.78 is 11.4. The number of carbonyl (C=O) groups excluding carboxylic acids is 1. The fraction of sp³-hybridized carbons (Fsp3) is 0.0500. The quantitative estimate of drug-likeness (QED) is 0.409. The summed E-state index contributed by atoms with van der Waals surface area (Å²) in [6, 6.07) is 12.5. The van der Waals surface area contributed by atoms with Crippen molar-refractivity contribution in [2.75, 3.05) is 7.11 Å². The molecule has 0 aliphatic heterocycles. The minimum Gasteiger partial charge on any atom is -0.493 e. The van der Waals surface area contributed by atoms with Crippen molar-refractivity contribution in [3.8, 4) is 28.5 Å². The van der Waals surface area contributed by atoms with Gasteiger partial charge in [0.2, 0.25) is 5.88 Å². The van der Waals surface area contributed by atoms with Crippen molar-refractivity contribution in [2.24, 2.45) is 0 Å². The number of aldehydes is 1. The van der Waals surface area contributed by atoms with E-state index in [1.54, 1.807) is 18.2 Å². The molecule has 0 radical (unpaired) electrons. The van der Waals surface area contributed by atoms with Gasteiger partial charge < -0.3 is 9.47 Å². The third kappa shape index (κ3) is 3.37. The first-order valence-electron chi connectivity index (χ1n) is 7.99. The van der Waals surface area contributed by atoms with E-state index in [4.69, 9.17) is 21.1 Å². The van der Waals surface area contributed by atoms with Crippen molar-refractivity contribution in [2.45, 2.75) is 0 Å². The van der Waals surface area contributed by atoms with Crippen molar-refractivity contribution in [3.05, 3.63) is 64.8 Å². The van der Waals surface area contributed by atoms with Gasteiger partial charge in [-0.1, -0.05) is 23.7 Å². The Hall–Kier alpha value is -2.96. The van der Waals surface area contributed by atoms with Gasteiger partial charge in [0, 0.05) is 21.5 Å². The normalized spacial score (nSPS) is 10.7.